The van der Waals surface area contributed by atoms with E-state index in [1.165, 1.54) is 82.7 Å². The van der Waals surface area contributed by atoms with Crippen LogP contribution in [0.4, 0.5) is 0 Å². The SMILES string of the molecule is C1CCC(C2CCN(CC3CCNC4=NCCCN43)C3=NCCCN32)N2CCCN=C2C1. The first-order valence-corrected chi connectivity index (χ1v) is 13.3. The van der Waals surface area contributed by atoms with Gasteiger partial charge in [0, 0.05) is 65.3 Å². The third kappa shape index (κ3) is 3.83. The second kappa shape index (κ2) is 9.10. The van der Waals surface area contributed by atoms with E-state index in [1.807, 2.05) is 0 Å². The van der Waals surface area contributed by atoms with Gasteiger partial charge in [-0.3, -0.25) is 15.0 Å². The van der Waals surface area contributed by atoms with Crippen LogP contribution in [0, 0.1) is 0 Å². The maximum absolute atomic E-state index is 5.13. The predicted octanol–water partition coefficient (Wildman–Crippen LogP) is 1.59. The maximum Gasteiger partial charge on any atom is 0.196 e. The third-order valence-electron chi connectivity index (χ3n) is 8.35. The molecule has 3 unspecified atom stereocenters. The van der Waals surface area contributed by atoms with E-state index in [4.69, 9.17) is 15.0 Å². The normalized spacial score (nSPS) is 33.1. The van der Waals surface area contributed by atoms with Crippen LogP contribution in [0.25, 0.3) is 0 Å². The largest absolute Gasteiger partial charge is 0.356 e. The van der Waals surface area contributed by atoms with Crippen molar-refractivity contribution in [3.8, 4) is 0 Å². The van der Waals surface area contributed by atoms with Crippen LogP contribution in [0.15, 0.2) is 15.0 Å². The highest BCUT2D eigenvalue weighted by molar-refractivity contribution is 5.85. The Morgan fingerprint density at radius 1 is 0.719 bits per heavy atom. The molecule has 0 bridgehead atoms. The fraction of sp³-hybridized carbons (Fsp3) is 0.875. The summed E-state index contributed by atoms with van der Waals surface area (Å²) >= 11 is 0. The summed E-state index contributed by atoms with van der Waals surface area (Å²) in [6, 6.07) is 1.76. The highest BCUT2D eigenvalue weighted by Gasteiger charge is 2.42. The lowest BCUT2D eigenvalue weighted by Crippen LogP contribution is -2.66. The summed E-state index contributed by atoms with van der Waals surface area (Å²) < 4.78 is 0. The first-order valence-electron chi connectivity index (χ1n) is 13.3. The molecule has 3 saturated heterocycles. The summed E-state index contributed by atoms with van der Waals surface area (Å²) in [6.45, 7) is 9.78. The molecule has 0 spiro atoms. The van der Waals surface area contributed by atoms with Crippen LogP contribution in [-0.4, -0.2) is 114 Å². The smallest absolute Gasteiger partial charge is 0.196 e. The molecule has 3 fully saturated rings. The van der Waals surface area contributed by atoms with E-state index < -0.39 is 0 Å². The first kappa shape index (κ1) is 20.6. The Balaban J connectivity index is 1.21. The van der Waals surface area contributed by atoms with Crippen molar-refractivity contribution in [3.63, 3.8) is 0 Å². The minimum Gasteiger partial charge on any atom is -0.356 e. The van der Waals surface area contributed by atoms with Gasteiger partial charge in [0.05, 0.1) is 24.0 Å². The fourth-order valence-electron chi connectivity index (χ4n) is 6.85. The maximum atomic E-state index is 5.13. The quantitative estimate of drug-likeness (QED) is 0.722. The summed E-state index contributed by atoms with van der Waals surface area (Å²) in [6.07, 6.45) is 11.2. The minimum atomic E-state index is 0.553. The van der Waals surface area contributed by atoms with E-state index in [-0.39, 0.29) is 0 Å². The van der Waals surface area contributed by atoms with Gasteiger partial charge in [0.2, 0.25) is 0 Å². The van der Waals surface area contributed by atoms with Crippen molar-refractivity contribution in [2.45, 2.75) is 75.9 Å². The van der Waals surface area contributed by atoms with E-state index in [0.717, 1.165) is 51.8 Å². The molecule has 32 heavy (non-hydrogen) atoms. The molecule has 0 saturated carbocycles. The molecule has 0 radical (unpaired) electrons. The van der Waals surface area contributed by atoms with Gasteiger partial charge >= 0.3 is 0 Å². The number of hydrogen-bond acceptors (Lipinski definition) is 8. The Hall–Kier alpha value is -1.99. The molecule has 0 aromatic carbocycles. The molecule has 6 heterocycles. The van der Waals surface area contributed by atoms with Gasteiger partial charge in [-0.15, -0.1) is 0 Å². The number of hydrogen-bond donors (Lipinski definition) is 1. The van der Waals surface area contributed by atoms with Crippen molar-refractivity contribution in [3.05, 3.63) is 0 Å². The molecule has 0 aromatic heterocycles. The van der Waals surface area contributed by atoms with Crippen molar-refractivity contribution >= 4 is 17.8 Å². The molecule has 8 nitrogen and oxygen atoms in total. The van der Waals surface area contributed by atoms with Gasteiger partial charge in [-0.2, -0.15) is 0 Å². The summed E-state index contributed by atoms with van der Waals surface area (Å²) in [7, 11) is 0. The van der Waals surface area contributed by atoms with E-state index in [2.05, 4.69) is 24.9 Å². The van der Waals surface area contributed by atoms with Crippen molar-refractivity contribution in [2.24, 2.45) is 15.0 Å². The van der Waals surface area contributed by atoms with Crippen molar-refractivity contribution in [2.75, 3.05) is 58.9 Å². The third-order valence-corrected chi connectivity index (χ3v) is 8.35. The Kier molecular flexibility index (Phi) is 5.86. The highest BCUT2D eigenvalue weighted by Crippen LogP contribution is 2.31. The standard InChI is InChI=1S/C24H40N8/c1-2-7-22-25-10-3-15-31(22)20(6-1)21-9-17-29(24-28-12-5-16-32(21)24)18-19-8-13-27-23-26-11-4-14-30(19)23/h19-21H,1-18H2,(H,26,27). The second-order valence-electron chi connectivity index (χ2n) is 10.3. The van der Waals surface area contributed by atoms with E-state index in [1.54, 1.807) is 0 Å². The number of rotatable bonds is 3. The lowest BCUT2D eigenvalue weighted by molar-refractivity contribution is 0.0932. The van der Waals surface area contributed by atoms with Crippen molar-refractivity contribution in [1.82, 2.24) is 24.9 Å². The Labute approximate surface area is 192 Å². The van der Waals surface area contributed by atoms with Gasteiger partial charge in [-0.25, -0.2) is 0 Å². The molecular weight excluding hydrogens is 400 g/mol. The van der Waals surface area contributed by atoms with Crippen LogP contribution in [0.3, 0.4) is 0 Å². The van der Waals surface area contributed by atoms with Crippen LogP contribution in [0.2, 0.25) is 0 Å². The highest BCUT2D eigenvalue weighted by atomic mass is 15.5. The molecule has 1 N–H and O–H groups in total. The van der Waals surface area contributed by atoms with Gasteiger partial charge in [0.1, 0.15) is 0 Å². The van der Waals surface area contributed by atoms with Crippen LogP contribution in [0.1, 0.15) is 57.8 Å². The van der Waals surface area contributed by atoms with Crippen LogP contribution >= 0.6 is 0 Å². The Morgan fingerprint density at radius 2 is 1.50 bits per heavy atom. The van der Waals surface area contributed by atoms with Crippen LogP contribution in [0.5, 0.6) is 0 Å². The number of nitrogens with one attached hydrogen (secondary N) is 1. The number of aliphatic imine (C=N–C) groups is 3. The van der Waals surface area contributed by atoms with E-state index in [0.29, 0.717) is 18.1 Å². The van der Waals surface area contributed by atoms with E-state index in [9.17, 15) is 0 Å². The molecule has 0 amide bonds. The second-order valence-corrected chi connectivity index (χ2v) is 10.3. The Morgan fingerprint density at radius 3 is 2.44 bits per heavy atom. The molecule has 8 heteroatoms. The summed E-state index contributed by atoms with van der Waals surface area (Å²) in [5, 5.41) is 3.53. The zero-order valence-corrected chi connectivity index (χ0v) is 19.6. The zero-order valence-electron chi connectivity index (χ0n) is 19.6. The topological polar surface area (TPSA) is 62.1 Å². The van der Waals surface area contributed by atoms with Gasteiger partial charge in [0.25, 0.3) is 0 Å². The molecule has 0 aliphatic carbocycles. The number of guanidine groups is 2. The number of amidine groups is 1. The summed E-state index contributed by atoms with van der Waals surface area (Å²) in [5.74, 6) is 3.84. The van der Waals surface area contributed by atoms with E-state index >= 15 is 0 Å². The van der Waals surface area contributed by atoms with Gasteiger partial charge in [-0.1, -0.05) is 6.42 Å². The van der Waals surface area contributed by atoms with Crippen molar-refractivity contribution < 1.29 is 0 Å². The van der Waals surface area contributed by atoms with Gasteiger partial charge in [0.15, 0.2) is 11.9 Å². The molecule has 3 atom stereocenters. The molecule has 6 rings (SSSR count). The minimum absolute atomic E-state index is 0.553. The zero-order chi connectivity index (χ0) is 21.3. The molecule has 6 aliphatic rings. The average molecular weight is 441 g/mol. The van der Waals surface area contributed by atoms with Crippen LogP contribution < -0.4 is 5.32 Å². The number of nitrogens with zero attached hydrogens (tertiary/aromatic N) is 7. The molecule has 0 aromatic rings. The predicted molar refractivity (Wildman–Crippen MR) is 130 cm³/mol. The van der Waals surface area contributed by atoms with Gasteiger partial charge < -0.3 is 24.9 Å². The average Bonchev–Trinajstić information content (AvgIpc) is 3.07. The van der Waals surface area contributed by atoms with Gasteiger partial charge in [-0.05, 0) is 44.9 Å². The lowest BCUT2D eigenvalue weighted by atomic mass is 9.93. The first-order chi connectivity index (χ1) is 15.9. The fourth-order valence-corrected chi connectivity index (χ4v) is 6.85. The lowest BCUT2D eigenvalue weighted by Gasteiger charge is -2.52. The molecular formula is C24H40N8. The van der Waals surface area contributed by atoms with Crippen molar-refractivity contribution in [1.29, 1.82) is 0 Å². The van der Waals surface area contributed by atoms with Crippen LogP contribution in [-0.2, 0) is 0 Å². The monoisotopic (exact) mass is 440 g/mol. The molecule has 176 valence electrons. The summed E-state index contributed by atoms with van der Waals surface area (Å²) in [5.41, 5.74) is 0. The Bertz CT molecular complexity index is 776. The summed E-state index contributed by atoms with van der Waals surface area (Å²) in [4.78, 5) is 25.4. The number of fused-ring (bicyclic) bond motifs is 3. The molecule has 6 aliphatic heterocycles.